The molecule has 496 valence electrons. The minimum absolute atomic E-state index is 0.0434. The highest BCUT2D eigenvalue weighted by Crippen LogP contribution is 2.40. The SMILES string of the molecule is CC(=O)Nc1ccc(C2CCN(c3cc(Cl)cc4[nH]ncc34)CC2)cc1.CCC(=O)c1ccc(C2CCN(c3cc(Cl)cc4[nH]ncc34)CC2)cc1.Clc1cc(N2CCC(c3cscn3)CC2)c2cn[nH]c2c1.O=C1NC(=O)C(C2CCN(c3cc(Cl)cc4[nH]ncc34)CC2)N1. The number of aromatic amines is 4. The van der Waals surface area contributed by atoms with Crippen LogP contribution in [0.2, 0.25) is 20.1 Å². The number of Topliss-reactive ketones (excluding diaryl/α,β-unsaturated/α-hetero) is 1. The van der Waals surface area contributed by atoms with Gasteiger partial charge in [-0.3, -0.25) is 40.1 Å². The predicted molar refractivity (Wildman–Crippen MR) is 386 cm³/mol. The summed E-state index contributed by atoms with van der Waals surface area (Å²) in [4.78, 5) is 59.9. The van der Waals surface area contributed by atoms with Gasteiger partial charge >= 0.3 is 6.03 Å². The number of hydrogen-bond donors (Lipinski definition) is 7. The molecule has 5 aromatic heterocycles. The van der Waals surface area contributed by atoms with Crippen LogP contribution in [0.4, 0.5) is 33.2 Å². The number of urea groups is 1. The maximum Gasteiger partial charge on any atom is 0.322 e. The van der Waals surface area contributed by atoms with Crippen LogP contribution in [0.1, 0.15) is 117 Å². The average Bonchev–Trinajstić information content (AvgIpc) is 1.56. The van der Waals surface area contributed by atoms with E-state index in [0.29, 0.717) is 29.2 Å². The number of aromatic nitrogens is 9. The number of piperidine rings is 4. The Morgan fingerprint density at radius 2 is 0.896 bits per heavy atom. The molecule has 0 bridgehead atoms. The molecular formula is C71H74Cl4N16O4S. The fourth-order valence-electron chi connectivity index (χ4n) is 14.2. The molecule has 0 radical (unpaired) electrons. The number of nitrogens with zero attached hydrogens (tertiary/aromatic N) is 9. The highest BCUT2D eigenvalue weighted by Gasteiger charge is 2.38. The van der Waals surface area contributed by atoms with E-state index in [1.165, 1.54) is 29.4 Å². The van der Waals surface area contributed by atoms with Crippen LogP contribution < -0.4 is 35.6 Å². The van der Waals surface area contributed by atoms with Crippen LogP contribution in [0.25, 0.3) is 43.6 Å². The number of fused-ring (bicyclic) bond motifs is 4. The van der Waals surface area contributed by atoms with Crippen LogP contribution in [0.3, 0.4) is 0 Å². The van der Waals surface area contributed by atoms with E-state index in [1.54, 1.807) is 17.5 Å². The van der Waals surface area contributed by atoms with Crippen LogP contribution in [0, 0.1) is 5.92 Å². The quantitative estimate of drug-likeness (QED) is 0.0471. The van der Waals surface area contributed by atoms with Crippen molar-refractivity contribution >= 4 is 153 Å². The van der Waals surface area contributed by atoms with E-state index in [1.807, 2.05) is 104 Å². The Morgan fingerprint density at radius 1 is 0.521 bits per heavy atom. The second-order valence-electron chi connectivity index (χ2n) is 25.2. The van der Waals surface area contributed by atoms with Gasteiger partial charge in [0.1, 0.15) is 6.04 Å². The average molecular weight is 1390 g/mol. The van der Waals surface area contributed by atoms with Crippen molar-refractivity contribution < 1.29 is 19.2 Å². The molecule has 7 N–H and O–H groups in total. The third-order valence-corrected chi connectivity index (χ3v) is 20.7. The number of rotatable bonds is 11. The van der Waals surface area contributed by atoms with Gasteiger partial charge in [0, 0.05) is 153 Å². The summed E-state index contributed by atoms with van der Waals surface area (Å²) in [5.41, 5.74) is 15.9. The smallest absolute Gasteiger partial charge is 0.322 e. The van der Waals surface area contributed by atoms with Crippen molar-refractivity contribution in [3.63, 3.8) is 0 Å². The number of thiazole rings is 1. The van der Waals surface area contributed by atoms with Gasteiger partial charge in [-0.2, -0.15) is 20.4 Å². The number of nitrogens with one attached hydrogen (secondary N) is 7. The molecule has 0 spiro atoms. The first-order chi connectivity index (χ1) is 46.7. The van der Waals surface area contributed by atoms with Gasteiger partial charge in [0.25, 0.3) is 5.91 Å². The van der Waals surface area contributed by atoms with Crippen molar-refractivity contribution in [3.8, 4) is 0 Å². The number of halogens is 4. The van der Waals surface area contributed by atoms with Crippen LogP contribution in [0.15, 0.2) is 133 Å². The summed E-state index contributed by atoms with van der Waals surface area (Å²) >= 11 is 26.6. The van der Waals surface area contributed by atoms with Gasteiger partial charge in [0.05, 0.1) is 58.1 Å². The van der Waals surface area contributed by atoms with E-state index in [0.717, 1.165) is 191 Å². The number of amides is 4. The van der Waals surface area contributed by atoms with E-state index >= 15 is 0 Å². The third-order valence-electron chi connectivity index (χ3n) is 19.3. The van der Waals surface area contributed by atoms with Crippen molar-refractivity contribution in [1.29, 1.82) is 0 Å². The lowest BCUT2D eigenvalue weighted by Gasteiger charge is -2.35. The number of carbonyl (C=O) groups excluding carboxylic acids is 4. The molecule has 0 aliphatic carbocycles. The summed E-state index contributed by atoms with van der Waals surface area (Å²) in [7, 11) is 0. The molecule has 1 unspecified atom stereocenters. The van der Waals surface area contributed by atoms with Gasteiger partial charge in [-0.1, -0.05) is 89.7 Å². The molecule has 10 heterocycles. The number of ketones is 1. The topological polar surface area (TPSA) is 245 Å². The maximum atomic E-state index is 11.8. The number of anilines is 5. The van der Waals surface area contributed by atoms with Gasteiger partial charge in [-0.25, -0.2) is 9.78 Å². The van der Waals surface area contributed by atoms with Crippen molar-refractivity contribution in [2.24, 2.45) is 5.92 Å². The molecular weight excluding hydrogens is 1310 g/mol. The fraction of sp³-hybridized carbons (Fsp3) is 0.338. The van der Waals surface area contributed by atoms with Crippen molar-refractivity contribution in [3.05, 3.63) is 175 Å². The molecule has 1 atom stereocenters. The van der Waals surface area contributed by atoms with Gasteiger partial charge < -0.3 is 30.2 Å². The molecule has 4 amide bonds. The third kappa shape index (κ3) is 15.1. The second kappa shape index (κ2) is 29.7. The maximum absolute atomic E-state index is 11.8. The summed E-state index contributed by atoms with van der Waals surface area (Å²) < 4.78 is 0. The number of benzene rings is 6. The largest absolute Gasteiger partial charge is 0.371 e. The predicted octanol–water partition coefficient (Wildman–Crippen LogP) is 15.4. The summed E-state index contributed by atoms with van der Waals surface area (Å²) in [6, 6.07) is 31.3. The first-order valence-corrected chi connectivity index (χ1v) is 35.1. The summed E-state index contributed by atoms with van der Waals surface area (Å²) in [6.45, 7) is 11.1. The zero-order valence-corrected chi connectivity index (χ0v) is 57.0. The minimum Gasteiger partial charge on any atom is -0.371 e. The lowest BCUT2D eigenvalue weighted by Crippen LogP contribution is -2.44. The van der Waals surface area contributed by atoms with Gasteiger partial charge in [0.15, 0.2) is 5.78 Å². The highest BCUT2D eigenvalue weighted by atomic mass is 35.5. The molecule has 11 aromatic rings. The minimum atomic E-state index is -0.405. The number of H-pyrrole nitrogens is 4. The van der Waals surface area contributed by atoms with Gasteiger partial charge in [0.2, 0.25) is 5.91 Å². The molecule has 5 aliphatic heterocycles. The monoisotopic (exact) mass is 1390 g/mol. The number of imide groups is 1. The molecule has 20 nitrogen and oxygen atoms in total. The Balaban J connectivity index is 0.000000116. The summed E-state index contributed by atoms with van der Waals surface area (Å²) in [5, 5.41) is 45.8. The summed E-state index contributed by atoms with van der Waals surface area (Å²) in [5.74, 6) is 1.78. The normalized spacial score (nSPS) is 17.4. The second-order valence-corrected chi connectivity index (χ2v) is 27.7. The Hall–Kier alpha value is -8.73. The number of carbonyl (C=O) groups is 4. The van der Waals surface area contributed by atoms with Crippen LogP contribution >= 0.6 is 57.7 Å². The van der Waals surface area contributed by atoms with E-state index in [-0.39, 0.29) is 23.5 Å². The van der Waals surface area contributed by atoms with Crippen LogP contribution in [-0.2, 0) is 9.59 Å². The van der Waals surface area contributed by atoms with Gasteiger partial charge in [-0.05, 0) is 141 Å². The van der Waals surface area contributed by atoms with Crippen molar-refractivity contribution in [2.45, 2.75) is 95.4 Å². The molecule has 0 saturated carbocycles. The Morgan fingerprint density at radius 3 is 1.24 bits per heavy atom. The highest BCUT2D eigenvalue weighted by molar-refractivity contribution is 7.07. The molecule has 5 aliphatic rings. The Labute approximate surface area is 579 Å². The van der Waals surface area contributed by atoms with E-state index < -0.39 is 12.1 Å². The van der Waals surface area contributed by atoms with E-state index in [9.17, 15) is 19.2 Å². The Kier molecular flexibility index (Phi) is 20.4. The van der Waals surface area contributed by atoms with E-state index in [2.05, 4.69) is 111 Å². The fourth-order valence-corrected chi connectivity index (χ4v) is 15.7. The Bertz CT molecular complexity index is 4520. The standard InChI is InChI=1S/C21H22ClN3O.C20H21ClN4O.C15H16ClN5O2.C15H15ClN4S/c1-2-21(26)16-5-3-14(4-6-16)15-7-9-25(10-8-15)20-12-17(22)11-19-18(20)13-23-24-19;1-13(26)23-17-4-2-14(3-5-17)15-6-8-25(9-7-15)20-11-16(21)10-19-18(20)12-22-24-19;16-9-5-11-10(7-17-20-11)12(6-9)21-3-1-8(2-4-21)13-14(22)19-15(23)18-13;16-11-5-13-12(7-18-19-13)15(6-11)20-3-1-10(2-4-20)14-8-21-9-17-14/h3-6,11-13,15H,2,7-10H2,1H3,(H,23,24);2-5,10-12,15H,6-9H2,1H3,(H,22,24)(H,23,26);5-8,13H,1-4H2,(H,17,20)(H2,18,19,22,23);5-10H,1-4H2,(H,18,19). The molecule has 25 heteroatoms. The molecule has 5 saturated heterocycles. The van der Waals surface area contributed by atoms with Crippen LogP contribution in [0.5, 0.6) is 0 Å². The molecule has 16 rings (SSSR count). The first-order valence-electron chi connectivity index (χ1n) is 32.7. The zero-order chi connectivity index (χ0) is 66.4. The van der Waals surface area contributed by atoms with E-state index in [4.69, 9.17) is 46.4 Å². The molecule has 96 heavy (non-hydrogen) atoms. The first kappa shape index (κ1) is 65.9. The van der Waals surface area contributed by atoms with Crippen LogP contribution in [-0.4, -0.2) is 128 Å². The molecule has 5 fully saturated rings. The summed E-state index contributed by atoms with van der Waals surface area (Å²) in [6.07, 6.45) is 16.3. The zero-order valence-electron chi connectivity index (χ0n) is 53.2. The van der Waals surface area contributed by atoms with Crippen molar-refractivity contribution in [2.75, 3.05) is 77.3 Å². The lowest BCUT2D eigenvalue weighted by atomic mass is 9.88. The van der Waals surface area contributed by atoms with Gasteiger partial charge in [-0.15, -0.1) is 11.3 Å². The molecule has 6 aromatic carbocycles. The number of hydrogen-bond acceptors (Lipinski definition) is 14. The lowest BCUT2D eigenvalue weighted by molar-refractivity contribution is -0.121. The van der Waals surface area contributed by atoms with Crippen molar-refractivity contribution in [1.82, 2.24) is 56.4 Å².